The Morgan fingerprint density at radius 2 is 1.74 bits per heavy atom. The second-order valence-electron chi connectivity index (χ2n) is 3.99. The van der Waals surface area contributed by atoms with Crippen LogP contribution in [-0.4, -0.2) is 24.2 Å². The van der Waals surface area contributed by atoms with Gasteiger partial charge in [0, 0.05) is 30.6 Å². The number of anilines is 1. The van der Waals surface area contributed by atoms with Crippen molar-refractivity contribution < 1.29 is 9.59 Å². The van der Waals surface area contributed by atoms with Gasteiger partial charge in [-0.2, -0.15) is 0 Å². The third kappa shape index (κ3) is 5.20. The molecular weight excluding hydrogens is 244 g/mol. The number of rotatable bonds is 6. The Hall–Kier alpha value is -2.37. The summed E-state index contributed by atoms with van der Waals surface area (Å²) in [6.45, 7) is 2.39. The summed E-state index contributed by atoms with van der Waals surface area (Å²) in [4.78, 5) is 22.8. The van der Waals surface area contributed by atoms with Gasteiger partial charge in [0.15, 0.2) is 0 Å². The Balaban J connectivity index is 2.44. The summed E-state index contributed by atoms with van der Waals surface area (Å²) in [6, 6.07) is 6.64. The Kier molecular flexibility index (Phi) is 5.53. The maximum atomic E-state index is 11.6. The lowest BCUT2D eigenvalue weighted by molar-refractivity contribution is -0.124. The van der Waals surface area contributed by atoms with Gasteiger partial charge >= 0.3 is 0 Å². The van der Waals surface area contributed by atoms with E-state index >= 15 is 0 Å². The quantitative estimate of drug-likeness (QED) is 0.450. The van der Waals surface area contributed by atoms with Gasteiger partial charge in [0.1, 0.15) is 5.84 Å². The molecule has 0 saturated carbocycles. The van der Waals surface area contributed by atoms with Crippen molar-refractivity contribution in [2.24, 2.45) is 5.73 Å². The normalized spacial score (nSPS) is 9.74. The highest BCUT2D eigenvalue weighted by Gasteiger charge is 2.06. The van der Waals surface area contributed by atoms with Crippen LogP contribution >= 0.6 is 0 Å². The maximum Gasteiger partial charge on any atom is 0.224 e. The van der Waals surface area contributed by atoms with Crippen LogP contribution in [0.25, 0.3) is 0 Å². The van der Waals surface area contributed by atoms with E-state index in [2.05, 4.69) is 10.6 Å². The minimum Gasteiger partial charge on any atom is -0.384 e. The molecule has 2 amide bonds. The highest BCUT2D eigenvalue weighted by atomic mass is 16.2. The molecule has 0 unspecified atom stereocenters. The van der Waals surface area contributed by atoms with Gasteiger partial charge in [0.05, 0.1) is 0 Å². The first-order valence-electron chi connectivity index (χ1n) is 6.04. The highest BCUT2D eigenvalue weighted by Crippen LogP contribution is 2.09. The molecule has 0 aliphatic carbocycles. The van der Waals surface area contributed by atoms with E-state index in [1.165, 1.54) is 0 Å². The molecule has 1 rings (SSSR count). The van der Waals surface area contributed by atoms with Crippen molar-refractivity contribution in [2.75, 3.05) is 11.9 Å². The molecule has 0 fully saturated rings. The molecule has 0 bridgehead atoms. The lowest BCUT2D eigenvalue weighted by Gasteiger charge is -2.06. The minimum absolute atomic E-state index is 0.0193. The molecule has 0 spiro atoms. The molecule has 0 aromatic heterocycles. The molecule has 102 valence electrons. The average molecular weight is 262 g/mol. The van der Waals surface area contributed by atoms with Gasteiger partial charge in [-0.1, -0.05) is 0 Å². The van der Waals surface area contributed by atoms with Crippen molar-refractivity contribution in [3.8, 4) is 0 Å². The van der Waals surface area contributed by atoms with Crippen LogP contribution in [0.2, 0.25) is 0 Å². The first kappa shape index (κ1) is 14.7. The number of nitrogens with two attached hydrogens (primary N) is 1. The second kappa shape index (κ2) is 7.15. The predicted octanol–water partition coefficient (Wildman–Crippen LogP) is 0.825. The van der Waals surface area contributed by atoms with Gasteiger partial charge in [0.2, 0.25) is 11.8 Å². The van der Waals surface area contributed by atoms with E-state index in [1.54, 1.807) is 24.3 Å². The first-order valence-corrected chi connectivity index (χ1v) is 6.04. The van der Waals surface area contributed by atoms with Gasteiger partial charge in [-0.15, -0.1) is 0 Å². The van der Waals surface area contributed by atoms with E-state index in [4.69, 9.17) is 11.1 Å². The molecule has 19 heavy (non-hydrogen) atoms. The summed E-state index contributed by atoms with van der Waals surface area (Å²) < 4.78 is 0. The number of nitrogens with one attached hydrogen (secondary N) is 3. The number of carbonyl (C=O) groups is 2. The number of hydrogen-bond donors (Lipinski definition) is 4. The third-order valence-electron chi connectivity index (χ3n) is 2.43. The van der Waals surface area contributed by atoms with Crippen molar-refractivity contribution in [3.63, 3.8) is 0 Å². The number of carbonyl (C=O) groups excluding carboxylic acids is 2. The zero-order valence-electron chi connectivity index (χ0n) is 10.8. The summed E-state index contributed by atoms with van der Waals surface area (Å²) in [7, 11) is 0. The number of amidine groups is 1. The molecule has 5 N–H and O–H groups in total. The molecule has 0 radical (unpaired) electrons. The fraction of sp³-hybridized carbons (Fsp3) is 0.308. The summed E-state index contributed by atoms with van der Waals surface area (Å²) >= 11 is 0. The lowest BCUT2D eigenvalue weighted by Crippen LogP contribution is -2.24. The first-order chi connectivity index (χ1) is 9.02. The minimum atomic E-state index is -0.221. The number of amides is 2. The molecule has 6 nitrogen and oxygen atoms in total. The van der Waals surface area contributed by atoms with E-state index < -0.39 is 0 Å². The van der Waals surface area contributed by atoms with E-state index in [0.717, 1.165) is 0 Å². The molecule has 0 saturated heterocycles. The van der Waals surface area contributed by atoms with Crippen molar-refractivity contribution >= 4 is 23.3 Å². The van der Waals surface area contributed by atoms with Crippen LogP contribution in [0, 0.1) is 5.41 Å². The monoisotopic (exact) mass is 262 g/mol. The summed E-state index contributed by atoms with van der Waals surface area (Å²) in [6.07, 6.45) is 0.311. The van der Waals surface area contributed by atoms with Crippen LogP contribution in [0.4, 0.5) is 5.69 Å². The average Bonchev–Trinajstić information content (AvgIpc) is 2.37. The summed E-state index contributed by atoms with van der Waals surface area (Å²) in [5.41, 5.74) is 6.54. The fourth-order valence-electron chi connectivity index (χ4n) is 1.47. The van der Waals surface area contributed by atoms with Crippen LogP contribution in [0.15, 0.2) is 24.3 Å². The molecule has 1 aromatic carbocycles. The van der Waals surface area contributed by atoms with Gasteiger partial charge in [-0.3, -0.25) is 15.0 Å². The molecule has 0 atom stereocenters. The van der Waals surface area contributed by atoms with Crippen LogP contribution < -0.4 is 16.4 Å². The fourth-order valence-corrected chi connectivity index (χ4v) is 1.47. The Bertz CT molecular complexity index is 468. The van der Waals surface area contributed by atoms with Crippen LogP contribution in [0.1, 0.15) is 25.3 Å². The topological polar surface area (TPSA) is 108 Å². The molecule has 6 heteroatoms. The smallest absolute Gasteiger partial charge is 0.224 e. The summed E-state index contributed by atoms with van der Waals surface area (Å²) in [5, 5.41) is 12.5. The lowest BCUT2D eigenvalue weighted by atomic mass is 10.2. The third-order valence-corrected chi connectivity index (χ3v) is 2.43. The molecule has 0 aliphatic rings. The maximum absolute atomic E-state index is 11.6. The number of hydrogen-bond acceptors (Lipinski definition) is 3. The molecule has 0 aliphatic heterocycles. The van der Waals surface area contributed by atoms with Crippen molar-refractivity contribution in [3.05, 3.63) is 29.8 Å². The second-order valence-corrected chi connectivity index (χ2v) is 3.99. The Labute approximate surface area is 111 Å². The van der Waals surface area contributed by atoms with Crippen LogP contribution in [0.5, 0.6) is 0 Å². The molecular formula is C13H18N4O2. The zero-order valence-corrected chi connectivity index (χ0v) is 10.8. The van der Waals surface area contributed by atoms with Gasteiger partial charge in [-0.25, -0.2) is 0 Å². The predicted molar refractivity (Wildman–Crippen MR) is 74.0 cm³/mol. The highest BCUT2D eigenvalue weighted by molar-refractivity contribution is 5.96. The SMILES string of the molecule is CCNC(=O)CCC(=O)Nc1ccc(C(=N)N)cc1. The van der Waals surface area contributed by atoms with Crippen molar-refractivity contribution in [1.29, 1.82) is 5.41 Å². The molecule has 1 aromatic rings. The summed E-state index contributed by atoms with van der Waals surface area (Å²) in [5.74, 6) is -0.375. The molecule has 0 heterocycles. The van der Waals surface area contributed by atoms with Gasteiger partial charge in [0.25, 0.3) is 0 Å². The van der Waals surface area contributed by atoms with Gasteiger partial charge in [-0.05, 0) is 31.2 Å². The van der Waals surface area contributed by atoms with Crippen molar-refractivity contribution in [1.82, 2.24) is 5.32 Å². The van der Waals surface area contributed by atoms with E-state index in [0.29, 0.717) is 17.8 Å². The van der Waals surface area contributed by atoms with Crippen molar-refractivity contribution in [2.45, 2.75) is 19.8 Å². The standard InChI is InChI=1S/C13H18N4O2/c1-2-16-11(18)7-8-12(19)17-10-5-3-9(4-6-10)13(14)15/h3-6H,2,7-8H2,1H3,(H3,14,15)(H,16,18)(H,17,19). The van der Waals surface area contributed by atoms with Crippen LogP contribution in [0.3, 0.4) is 0 Å². The Morgan fingerprint density at radius 3 is 2.26 bits per heavy atom. The van der Waals surface area contributed by atoms with E-state index in [1.807, 2.05) is 6.92 Å². The van der Waals surface area contributed by atoms with Gasteiger partial charge < -0.3 is 16.4 Å². The van der Waals surface area contributed by atoms with E-state index in [-0.39, 0.29) is 30.5 Å². The number of nitrogen functional groups attached to an aromatic ring is 1. The largest absolute Gasteiger partial charge is 0.384 e. The Morgan fingerprint density at radius 1 is 1.16 bits per heavy atom. The van der Waals surface area contributed by atoms with Crippen LogP contribution in [-0.2, 0) is 9.59 Å². The zero-order chi connectivity index (χ0) is 14.3. The van der Waals surface area contributed by atoms with E-state index in [9.17, 15) is 9.59 Å². The number of benzene rings is 1.